The maximum absolute atomic E-state index is 11.8. The summed E-state index contributed by atoms with van der Waals surface area (Å²) in [6, 6.07) is 7.16. The zero-order valence-electron chi connectivity index (χ0n) is 11.7. The SMILES string of the molecule is CSCC[C@H](N)C(=O)NCc1ccc(-c2nn[nH]n2)cc1. The predicted octanol–water partition coefficient (Wildman–Crippen LogP) is 0.563. The standard InChI is InChI=1S/C13H18N6OS/c1-21-7-6-11(14)13(20)15-8-9-2-4-10(5-3-9)12-16-18-19-17-12/h2-5,11H,6-8,14H2,1H3,(H,15,20)(H,16,17,18,19)/t11-/m0/s1. The van der Waals surface area contributed by atoms with E-state index in [9.17, 15) is 4.79 Å². The van der Waals surface area contributed by atoms with Crippen molar-refractivity contribution in [2.75, 3.05) is 12.0 Å². The summed E-state index contributed by atoms with van der Waals surface area (Å²) in [5.41, 5.74) is 7.67. The molecule has 0 aliphatic heterocycles. The molecule has 1 amide bonds. The molecule has 0 radical (unpaired) electrons. The minimum absolute atomic E-state index is 0.119. The lowest BCUT2D eigenvalue weighted by molar-refractivity contribution is -0.122. The monoisotopic (exact) mass is 306 g/mol. The Morgan fingerprint density at radius 3 is 2.81 bits per heavy atom. The van der Waals surface area contributed by atoms with Crippen LogP contribution in [0.15, 0.2) is 24.3 Å². The molecule has 0 spiro atoms. The summed E-state index contributed by atoms with van der Waals surface area (Å²) in [6.45, 7) is 0.457. The molecule has 1 heterocycles. The number of nitrogens with zero attached hydrogens (tertiary/aromatic N) is 3. The molecule has 2 aromatic rings. The number of hydrogen-bond acceptors (Lipinski definition) is 6. The van der Waals surface area contributed by atoms with Gasteiger partial charge in [-0.25, -0.2) is 0 Å². The van der Waals surface area contributed by atoms with Crippen LogP contribution in [0.4, 0.5) is 0 Å². The van der Waals surface area contributed by atoms with Gasteiger partial charge in [-0.3, -0.25) is 4.79 Å². The van der Waals surface area contributed by atoms with Gasteiger partial charge in [-0.15, -0.1) is 10.2 Å². The van der Waals surface area contributed by atoms with Gasteiger partial charge in [0, 0.05) is 12.1 Å². The van der Waals surface area contributed by atoms with Gasteiger partial charge < -0.3 is 11.1 Å². The van der Waals surface area contributed by atoms with E-state index in [0.717, 1.165) is 16.9 Å². The second-order valence-electron chi connectivity index (χ2n) is 4.54. The molecule has 4 N–H and O–H groups in total. The molecule has 1 atom stereocenters. The number of aromatic amines is 1. The van der Waals surface area contributed by atoms with Crippen LogP contribution in [0.3, 0.4) is 0 Å². The topological polar surface area (TPSA) is 110 Å². The number of amides is 1. The average molecular weight is 306 g/mol. The highest BCUT2D eigenvalue weighted by molar-refractivity contribution is 7.98. The Morgan fingerprint density at radius 2 is 2.19 bits per heavy atom. The van der Waals surface area contributed by atoms with E-state index >= 15 is 0 Å². The molecule has 0 saturated heterocycles. The van der Waals surface area contributed by atoms with Crippen LogP contribution in [0.5, 0.6) is 0 Å². The molecule has 21 heavy (non-hydrogen) atoms. The van der Waals surface area contributed by atoms with E-state index in [-0.39, 0.29) is 5.91 Å². The van der Waals surface area contributed by atoms with Crippen LogP contribution in [0.2, 0.25) is 0 Å². The van der Waals surface area contributed by atoms with Gasteiger partial charge in [0.1, 0.15) is 0 Å². The van der Waals surface area contributed by atoms with Gasteiger partial charge in [0.05, 0.1) is 6.04 Å². The molecule has 0 saturated carbocycles. The zero-order chi connectivity index (χ0) is 15.1. The summed E-state index contributed by atoms with van der Waals surface area (Å²) in [6.07, 6.45) is 2.68. The molecule has 112 valence electrons. The summed E-state index contributed by atoms with van der Waals surface area (Å²) < 4.78 is 0. The third-order valence-electron chi connectivity index (χ3n) is 2.99. The number of carbonyl (C=O) groups excluding carboxylic acids is 1. The first kappa shape index (κ1) is 15.5. The highest BCUT2D eigenvalue weighted by Crippen LogP contribution is 2.13. The van der Waals surface area contributed by atoms with Gasteiger partial charge in [0.2, 0.25) is 11.7 Å². The van der Waals surface area contributed by atoms with Crippen LogP contribution in [0, 0.1) is 0 Å². The van der Waals surface area contributed by atoms with Gasteiger partial charge in [0.15, 0.2) is 0 Å². The molecule has 1 aromatic heterocycles. The summed E-state index contributed by atoms with van der Waals surface area (Å²) >= 11 is 1.68. The van der Waals surface area contributed by atoms with E-state index in [0.29, 0.717) is 18.8 Å². The van der Waals surface area contributed by atoms with Crippen LogP contribution in [0.25, 0.3) is 11.4 Å². The number of rotatable bonds is 7. The third-order valence-corrected chi connectivity index (χ3v) is 3.64. The molecule has 0 unspecified atom stereocenters. The second kappa shape index (κ2) is 7.75. The number of H-pyrrole nitrogens is 1. The van der Waals surface area contributed by atoms with Crippen molar-refractivity contribution >= 4 is 17.7 Å². The van der Waals surface area contributed by atoms with Gasteiger partial charge >= 0.3 is 0 Å². The Hall–Kier alpha value is -1.93. The third kappa shape index (κ3) is 4.54. The molecular formula is C13H18N6OS. The van der Waals surface area contributed by atoms with Crippen molar-refractivity contribution in [3.63, 3.8) is 0 Å². The van der Waals surface area contributed by atoms with E-state index in [1.165, 1.54) is 0 Å². The van der Waals surface area contributed by atoms with Gasteiger partial charge in [-0.2, -0.15) is 17.0 Å². The van der Waals surface area contributed by atoms with E-state index in [2.05, 4.69) is 25.9 Å². The first-order valence-electron chi connectivity index (χ1n) is 6.55. The summed E-state index contributed by atoms with van der Waals surface area (Å²) in [5, 5.41) is 16.6. The Labute approximate surface area is 127 Å². The molecule has 0 aliphatic rings. The van der Waals surface area contributed by atoms with Crippen LogP contribution in [-0.2, 0) is 11.3 Å². The Morgan fingerprint density at radius 1 is 1.43 bits per heavy atom. The van der Waals surface area contributed by atoms with Crippen LogP contribution in [-0.4, -0.2) is 44.6 Å². The number of thioether (sulfide) groups is 1. The number of nitrogens with two attached hydrogens (primary N) is 1. The van der Waals surface area contributed by atoms with Crippen molar-refractivity contribution in [3.8, 4) is 11.4 Å². The fourth-order valence-corrected chi connectivity index (χ4v) is 2.24. The molecule has 2 rings (SSSR count). The predicted molar refractivity (Wildman–Crippen MR) is 82.4 cm³/mol. The number of benzene rings is 1. The lowest BCUT2D eigenvalue weighted by Gasteiger charge is -2.11. The molecule has 0 bridgehead atoms. The Balaban J connectivity index is 1.85. The zero-order valence-corrected chi connectivity index (χ0v) is 12.6. The van der Waals surface area contributed by atoms with E-state index in [1.54, 1.807) is 11.8 Å². The van der Waals surface area contributed by atoms with Gasteiger partial charge in [-0.1, -0.05) is 24.3 Å². The van der Waals surface area contributed by atoms with E-state index < -0.39 is 6.04 Å². The van der Waals surface area contributed by atoms with Crippen LogP contribution in [0.1, 0.15) is 12.0 Å². The molecule has 8 heteroatoms. The van der Waals surface area contributed by atoms with Crippen LogP contribution >= 0.6 is 11.8 Å². The number of aromatic nitrogens is 4. The smallest absolute Gasteiger partial charge is 0.237 e. The lowest BCUT2D eigenvalue weighted by Crippen LogP contribution is -2.40. The largest absolute Gasteiger partial charge is 0.351 e. The Bertz CT molecular complexity index is 557. The number of tetrazole rings is 1. The van der Waals surface area contributed by atoms with Crippen LogP contribution < -0.4 is 11.1 Å². The number of carbonyl (C=O) groups is 1. The highest BCUT2D eigenvalue weighted by Gasteiger charge is 2.12. The summed E-state index contributed by atoms with van der Waals surface area (Å²) in [4.78, 5) is 11.8. The van der Waals surface area contributed by atoms with E-state index in [1.807, 2.05) is 30.5 Å². The number of nitrogens with one attached hydrogen (secondary N) is 2. The maximum atomic E-state index is 11.8. The maximum Gasteiger partial charge on any atom is 0.237 e. The summed E-state index contributed by atoms with van der Waals surface area (Å²) in [5.74, 6) is 1.31. The van der Waals surface area contributed by atoms with Crippen molar-refractivity contribution in [3.05, 3.63) is 29.8 Å². The molecule has 0 fully saturated rings. The second-order valence-corrected chi connectivity index (χ2v) is 5.52. The fourth-order valence-electron chi connectivity index (χ4n) is 1.75. The van der Waals surface area contributed by atoms with Crippen molar-refractivity contribution in [1.29, 1.82) is 0 Å². The molecular weight excluding hydrogens is 288 g/mol. The van der Waals surface area contributed by atoms with Crippen molar-refractivity contribution in [2.45, 2.75) is 19.0 Å². The normalized spacial score (nSPS) is 12.1. The highest BCUT2D eigenvalue weighted by atomic mass is 32.2. The molecule has 7 nitrogen and oxygen atoms in total. The first-order chi connectivity index (χ1) is 10.2. The van der Waals surface area contributed by atoms with Crippen molar-refractivity contribution in [1.82, 2.24) is 25.9 Å². The van der Waals surface area contributed by atoms with Crippen molar-refractivity contribution in [2.24, 2.45) is 5.73 Å². The summed E-state index contributed by atoms with van der Waals surface area (Å²) in [7, 11) is 0. The quantitative estimate of drug-likeness (QED) is 0.689. The minimum Gasteiger partial charge on any atom is -0.351 e. The number of hydrogen-bond donors (Lipinski definition) is 3. The fraction of sp³-hybridized carbons (Fsp3) is 0.385. The molecule has 0 aliphatic carbocycles. The van der Waals surface area contributed by atoms with Gasteiger partial charge in [-0.05, 0) is 29.2 Å². The van der Waals surface area contributed by atoms with E-state index in [4.69, 9.17) is 5.73 Å². The average Bonchev–Trinajstić information content (AvgIpc) is 3.05. The molecule has 1 aromatic carbocycles. The minimum atomic E-state index is -0.448. The van der Waals surface area contributed by atoms with Crippen molar-refractivity contribution < 1.29 is 4.79 Å². The van der Waals surface area contributed by atoms with Gasteiger partial charge in [0.25, 0.3) is 0 Å². The first-order valence-corrected chi connectivity index (χ1v) is 7.95. The lowest BCUT2D eigenvalue weighted by atomic mass is 10.1. The Kier molecular flexibility index (Phi) is 5.70.